The molecule has 0 radical (unpaired) electrons. The Kier molecular flexibility index (Phi) is 6.49. The number of thioether (sulfide) groups is 1. The number of hydrogen-bond acceptors (Lipinski definition) is 4. The summed E-state index contributed by atoms with van der Waals surface area (Å²) >= 11 is 1.78. The number of ether oxygens (including phenoxy) is 1. The first-order valence-corrected chi connectivity index (χ1v) is 6.68. The highest BCUT2D eigenvalue weighted by Gasteiger charge is 2.23. The highest BCUT2D eigenvalue weighted by Crippen LogP contribution is 2.14. The molecule has 1 unspecified atom stereocenters. The van der Waals surface area contributed by atoms with E-state index >= 15 is 0 Å². The molecule has 94 valence electrons. The maximum absolute atomic E-state index is 11.7. The summed E-state index contributed by atoms with van der Waals surface area (Å²) in [6.07, 6.45) is 2.15. The quantitative estimate of drug-likeness (QED) is 0.786. The fraction of sp³-hybridized carbons (Fsp3) is 0.900. The molecule has 0 saturated carbocycles. The fourth-order valence-electron chi connectivity index (χ4n) is 1.88. The first-order chi connectivity index (χ1) is 7.36. The summed E-state index contributed by atoms with van der Waals surface area (Å²) in [5.74, 6) is 2.57. The standard InChI is InChI=1S/C10H18N2O2S.ClH/c13-10(9-6-15-7-12-9)11-5-8-1-3-14-4-2-8;/h8-9,12H,1-7H2,(H,11,13);1H. The van der Waals surface area contributed by atoms with E-state index < -0.39 is 0 Å². The molecule has 2 fully saturated rings. The van der Waals surface area contributed by atoms with Gasteiger partial charge in [0, 0.05) is 31.4 Å². The summed E-state index contributed by atoms with van der Waals surface area (Å²) in [5, 5.41) is 6.19. The number of amides is 1. The largest absolute Gasteiger partial charge is 0.381 e. The summed E-state index contributed by atoms with van der Waals surface area (Å²) in [6, 6.07) is 0.0230. The molecule has 0 aromatic carbocycles. The minimum Gasteiger partial charge on any atom is -0.381 e. The molecule has 1 atom stereocenters. The van der Waals surface area contributed by atoms with Crippen LogP contribution in [0.5, 0.6) is 0 Å². The first kappa shape index (κ1) is 14.1. The van der Waals surface area contributed by atoms with Gasteiger partial charge in [0.1, 0.15) is 0 Å². The highest BCUT2D eigenvalue weighted by atomic mass is 35.5. The lowest BCUT2D eigenvalue weighted by molar-refractivity contribution is -0.122. The van der Waals surface area contributed by atoms with Crippen LogP contribution in [0.15, 0.2) is 0 Å². The number of hydrogen-bond donors (Lipinski definition) is 2. The van der Waals surface area contributed by atoms with Gasteiger partial charge in [-0.05, 0) is 18.8 Å². The van der Waals surface area contributed by atoms with Gasteiger partial charge in [0.05, 0.1) is 6.04 Å². The van der Waals surface area contributed by atoms with E-state index in [2.05, 4.69) is 10.6 Å². The zero-order valence-corrected chi connectivity index (χ0v) is 10.9. The number of carbonyl (C=O) groups excluding carboxylic acids is 1. The van der Waals surface area contributed by atoms with E-state index in [0.717, 1.165) is 44.2 Å². The van der Waals surface area contributed by atoms with Gasteiger partial charge in [-0.3, -0.25) is 10.1 Å². The average molecular weight is 267 g/mol. The molecule has 0 aromatic heterocycles. The van der Waals surface area contributed by atoms with Gasteiger partial charge in [0.15, 0.2) is 0 Å². The second-order valence-electron chi connectivity index (χ2n) is 4.07. The van der Waals surface area contributed by atoms with Crippen LogP contribution in [0.25, 0.3) is 0 Å². The molecular formula is C10H19ClN2O2S. The van der Waals surface area contributed by atoms with Gasteiger partial charge in [-0.2, -0.15) is 0 Å². The molecule has 2 saturated heterocycles. The van der Waals surface area contributed by atoms with E-state index in [4.69, 9.17) is 4.74 Å². The molecule has 0 spiro atoms. The summed E-state index contributed by atoms with van der Waals surface area (Å²) in [6.45, 7) is 2.50. The zero-order valence-electron chi connectivity index (χ0n) is 9.24. The van der Waals surface area contributed by atoms with Crippen LogP contribution in [0.3, 0.4) is 0 Å². The summed E-state index contributed by atoms with van der Waals surface area (Å²) < 4.78 is 5.28. The molecule has 16 heavy (non-hydrogen) atoms. The topological polar surface area (TPSA) is 50.4 Å². The van der Waals surface area contributed by atoms with Gasteiger partial charge >= 0.3 is 0 Å². The van der Waals surface area contributed by atoms with Crippen LogP contribution >= 0.6 is 24.2 Å². The summed E-state index contributed by atoms with van der Waals surface area (Å²) in [4.78, 5) is 11.7. The van der Waals surface area contributed by atoms with Gasteiger partial charge in [-0.1, -0.05) is 0 Å². The lowest BCUT2D eigenvalue weighted by atomic mass is 10.0. The third-order valence-electron chi connectivity index (χ3n) is 2.94. The Morgan fingerprint density at radius 3 is 2.81 bits per heavy atom. The van der Waals surface area contributed by atoms with Crippen LogP contribution in [-0.4, -0.2) is 43.3 Å². The van der Waals surface area contributed by atoms with Crippen molar-refractivity contribution in [3.8, 4) is 0 Å². The van der Waals surface area contributed by atoms with Gasteiger partial charge in [0.2, 0.25) is 5.91 Å². The molecule has 2 aliphatic rings. The van der Waals surface area contributed by atoms with Gasteiger partial charge in [-0.15, -0.1) is 24.2 Å². The molecular weight excluding hydrogens is 248 g/mol. The van der Waals surface area contributed by atoms with Crippen LogP contribution in [0.2, 0.25) is 0 Å². The normalized spacial score (nSPS) is 26.1. The number of nitrogens with one attached hydrogen (secondary N) is 2. The van der Waals surface area contributed by atoms with Crippen molar-refractivity contribution in [2.45, 2.75) is 18.9 Å². The van der Waals surface area contributed by atoms with E-state index in [-0.39, 0.29) is 24.4 Å². The maximum Gasteiger partial charge on any atom is 0.238 e. The predicted octanol–water partition coefficient (Wildman–Crippen LogP) is 0.613. The maximum atomic E-state index is 11.7. The minimum atomic E-state index is 0. The molecule has 0 aliphatic carbocycles. The lowest BCUT2D eigenvalue weighted by Crippen LogP contribution is -2.44. The number of carbonyl (C=O) groups is 1. The highest BCUT2D eigenvalue weighted by molar-refractivity contribution is 7.99. The molecule has 2 heterocycles. The van der Waals surface area contributed by atoms with E-state index in [1.54, 1.807) is 11.8 Å². The molecule has 2 rings (SSSR count). The van der Waals surface area contributed by atoms with Gasteiger partial charge in [0.25, 0.3) is 0 Å². The van der Waals surface area contributed by atoms with Crippen LogP contribution in [-0.2, 0) is 9.53 Å². The van der Waals surface area contributed by atoms with Crippen molar-refractivity contribution in [2.24, 2.45) is 5.92 Å². The summed E-state index contributed by atoms with van der Waals surface area (Å²) in [7, 11) is 0. The minimum absolute atomic E-state index is 0. The van der Waals surface area contributed by atoms with E-state index in [9.17, 15) is 4.79 Å². The Hall–Kier alpha value is 0.0300. The van der Waals surface area contributed by atoms with Gasteiger partial charge in [-0.25, -0.2) is 0 Å². The predicted molar refractivity (Wildman–Crippen MR) is 68.0 cm³/mol. The third-order valence-corrected chi connectivity index (χ3v) is 3.88. The number of rotatable bonds is 3. The Balaban J connectivity index is 0.00000128. The fourth-order valence-corrected chi connectivity index (χ4v) is 2.82. The molecule has 4 nitrogen and oxygen atoms in total. The molecule has 0 aromatic rings. The second-order valence-corrected chi connectivity index (χ2v) is 5.10. The van der Waals surface area contributed by atoms with Crippen molar-refractivity contribution in [1.29, 1.82) is 0 Å². The SMILES string of the molecule is Cl.O=C(NCC1CCOCC1)C1CSCN1. The Bertz CT molecular complexity index is 219. The van der Waals surface area contributed by atoms with E-state index in [1.165, 1.54) is 0 Å². The summed E-state index contributed by atoms with van der Waals surface area (Å²) in [5.41, 5.74) is 0. The second kappa shape index (κ2) is 7.37. The first-order valence-electron chi connectivity index (χ1n) is 5.53. The van der Waals surface area contributed by atoms with Crippen molar-refractivity contribution >= 4 is 30.1 Å². The molecule has 6 heteroatoms. The zero-order chi connectivity index (χ0) is 10.5. The molecule has 0 bridgehead atoms. The Morgan fingerprint density at radius 1 is 1.44 bits per heavy atom. The van der Waals surface area contributed by atoms with E-state index in [0.29, 0.717) is 5.92 Å². The van der Waals surface area contributed by atoms with E-state index in [1.807, 2.05) is 0 Å². The van der Waals surface area contributed by atoms with Crippen molar-refractivity contribution in [2.75, 3.05) is 31.4 Å². The number of halogens is 1. The van der Waals surface area contributed by atoms with Crippen LogP contribution < -0.4 is 10.6 Å². The van der Waals surface area contributed by atoms with Crippen molar-refractivity contribution in [3.63, 3.8) is 0 Å². The van der Waals surface area contributed by atoms with Crippen molar-refractivity contribution in [3.05, 3.63) is 0 Å². The molecule has 2 N–H and O–H groups in total. The Morgan fingerprint density at radius 2 is 2.19 bits per heavy atom. The smallest absolute Gasteiger partial charge is 0.238 e. The van der Waals surface area contributed by atoms with Crippen LogP contribution in [0, 0.1) is 5.92 Å². The van der Waals surface area contributed by atoms with Crippen LogP contribution in [0.1, 0.15) is 12.8 Å². The van der Waals surface area contributed by atoms with Crippen molar-refractivity contribution < 1.29 is 9.53 Å². The van der Waals surface area contributed by atoms with Crippen molar-refractivity contribution in [1.82, 2.24) is 10.6 Å². The molecule has 1 amide bonds. The lowest BCUT2D eigenvalue weighted by Gasteiger charge is -2.22. The van der Waals surface area contributed by atoms with Crippen LogP contribution in [0.4, 0.5) is 0 Å². The Labute approximate surface area is 107 Å². The monoisotopic (exact) mass is 266 g/mol. The third kappa shape index (κ3) is 4.13. The molecule has 2 aliphatic heterocycles. The average Bonchev–Trinajstić information content (AvgIpc) is 2.81. The van der Waals surface area contributed by atoms with Gasteiger partial charge < -0.3 is 10.1 Å².